The third-order valence-electron chi connectivity index (χ3n) is 4.29. The van der Waals surface area contributed by atoms with E-state index in [2.05, 4.69) is 20.1 Å². The highest BCUT2D eigenvalue weighted by atomic mass is 15.3. The number of aromatic nitrogens is 5. The zero-order valence-corrected chi connectivity index (χ0v) is 12.6. The van der Waals surface area contributed by atoms with Gasteiger partial charge in [-0.05, 0) is 25.0 Å². The molecule has 0 saturated carbocycles. The Morgan fingerprint density at radius 3 is 2.86 bits per heavy atom. The summed E-state index contributed by atoms with van der Waals surface area (Å²) in [5, 5.41) is 8.27. The van der Waals surface area contributed by atoms with Crippen LogP contribution in [-0.4, -0.2) is 37.8 Å². The van der Waals surface area contributed by atoms with E-state index in [1.165, 1.54) is 0 Å². The smallest absolute Gasteiger partial charge is 0.147 e. The summed E-state index contributed by atoms with van der Waals surface area (Å²) in [4.78, 5) is 11.6. The molecule has 3 heterocycles. The second-order valence-corrected chi connectivity index (χ2v) is 5.80. The predicted molar refractivity (Wildman–Crippen MR) is 84.7 cm³/mol. The standard InChI is InChI=1S/C16H18N6/c1-21-11-18-20-16(21)12-5-4-8-22(10-12)15-9-17-13-6-2-3-7-14(13)19-15/h2-3,6-7,9,11-12H,4-5,8,10H2,1H3/t12-/m0/s1. The van der Waals surface area contributed by atoms with Crippen LogP contribution >= 0.6 is 0 Å². The Bertz CT molecular complexity index is 796. The highest BCUT2D eigenvalue weighted by Crippen LogP contribution is 2.28. The molecule has 0 amide bonds. The van der Waals surface area contributed by atoms with E-state index in [0.717, 1.165) is 48.6 Å². The molecule has 22 heavy (non-hydrogen) atoms. The van der Waals surface area contributed by atoms with Crippen LogP contribution in [0.4, 0.5) is 5.82 Å². The van der Waals surface area contributed by atoms with E-state index in [4.69, 9.17) is 4.98 Å². The minimum Gasteiger partial charge on any atom is -0.355 e. The van der Waals surface area contributed by atoms with Crippen LogP contribution in [0.2, 0.25) is 0 Å². The van der Waals surface area contributed by atoms with E-state index in [1.807, 2.05) is 42.1 Å². The van der Waals surface area contributed by atoms with Gasteiger partial charge in [-0.3, -0.25) is 4.98 Å². The molecular formula is C16H18N6. The number of hydrogen-bond donors (Lipinski definition) is 0. The molecular weight excluding hydrogens is 276 g/mol. The molecule has 1 fully saturated rings. The van der Waals surface area contributed by atoms with Crippen molar-refractivity contribution in [1.82, 2.24) is 24.7 Å². The van der Waals surface area contributed by atoms with Gasteiger partial charge in [0.2, 0.25) is 0 Å². The van der Waals surface area contributed by atoms with Crippen LogP contribution in [-0.2, 0) is 7.05 Å². The van der Waals surface area contributed by atoms with Crippen molar-refractivity contribution in [2.75, 3.05) is 18.0 Å². The zero-order valence-electron chi connectivity index (χ0n) is 12.6. The average Bonchev–Trinajstić information content (AvgIpc) is 3.00. The van der Waals surface area contributed by atoms with Gasteiger partial charge in [-0.2, -0.15) is 0 Å². The fourth-order valence-electron chi connectivity index (χ4n) is 3.16. The Kier molecular flexibility index (Phi) is 3.21. The van der Waals surface area contributed by atoms with Gasteiger partial charge in [-0.1, -0.05) is 12.1 Å². The zero-order chi connectivity index (χ0) is 14.9. The first-order valence-corrected chi connectivity index (χ1v) is 7.62. The van der Waals surface area contributed by atoms with Crippen LogP contribution in [0.3, 0.4) is 0 Å². The number of nitrogens with zero attached hydrogens (tertiary/aromatic N) is 6. The van der Waals surface area contributed by atoms with Crippen LogP contribution in [0, 0.1) is 0 Å². The number of rotatable bonds is 2. The lowest BCUT2D eigenvalue weighted by Gasteiger charge is -2.32. The van der Waals surface area contributed by atoms with Gasteiger partial charge in [0.05, 0.1) is 17.2 Å². The predicted octanol–water partition coefficient (Wildman–Crippen LogP) is 2.14. The van der Waals surface area contributed by atoms with E-state index in [9.17, 15) is 0 Å². The summed E-state index contributed by atoms with van der Waals surface area (Å²) in [6, 6.07) is 7.99. The average molecular weight is 294 g/mol. The second-order valence-electron chi connectivity index (χ2n) is 5.80. The van der Waals surface area contributed by atoms with E-state index in [0.29, 0.717) is 5.92 Å². The number of aryl methyl sites for hydroxylation is 1. The molecule has 0 radical (unpaired) electrons. The second kappa shape index (κ2) is 5.36. The first kappa shape index (κ1) is 13.2. The SMILES string of the molecule is Cn1cnnc1[C@H]1CCCN(c2cnc3ccccc3n2)C1. The first-order valence-electron chi connectivity index (χ1n) is 7.62. The summed E-state index contributed by atoms with van der Waals surface area (Å²) in [6.45, 7) is 1.93. The summed E-state index contributed by atoms with van der Waals surface area (Å²) >= 11 is 0. The Morgan fingerprint density at radius 2 is 2.05 bits per heavy atom. The van der Waals surface area contributed by atoms with Crippen molar-refractivity contribution in [3.05, 3.63) is 42.6 Å². The minimum absolute atomic E-state index is 0.398. The van der Waals surface area contributed by atoms with Crippen LogP contribution in [0.25, 0.3) is 11.0 Å². The van der Waals surface area contributed by atoms with Gasteiger partial charge in [0.15, 0.2) is 0 Å². The van der Waals surface area contributed by atoms with E-state index in [1.54, 1.807) is 6.33 Å². The molecule has 2 aromatic heterocycles. The first-order chi connectivity index (χ1) is 10.8. The molecule has 0 aliphatic carbocycles. The Morgan fingerprint density at radius 1 is 1.18 bits per heavy atom. The maximum atomic E-state index is 4.76. The number of benzene rings is 1. The van der Waals surface area contributed by atoms with Gasteiger partial charge in [0, 0.05) is 26.1 Å². The molecule has 0 bridgehead atoms. The molecule has 0 N–H and O–H groups in total. The maximum absolute atomic E-state index is 4.76. The molecule has 6 nitrogen and oxygen atoms in total. The lowest BCUT2D eigenvalue weighted by molar-refractivity contribution is 0.478. The van der Waals surface area contributed by atoms with Gasteiger partial charge in [-0.15, -0.1) is 10.2 Å². The highest BCUT2D eigenvalue weighted by Gasteiger charge is 2.25. The van der Waals surface area contributed by atoms with Crippen LogP contribution in [0.5, 0.6) is 0 Å². The molecule has 1 aliphatic heterocycles. The van der Waals surface area contributed by atoms with Crippen molar-refractivity contribution in [3.8, 4) is 0 Å². The summed E-state index contributed by atoms with van der Waals surface area (Å²) < 4.78 is 2.01. The van der Waals surface area contributed by atoms with Gasteiger partial charge < -0.3 is 9.47 Å². The van der Waals surface area contributed by atoms with E-state index in [-0.39, 0.29) is 0 Å². The monoisotopic (exact) mass is 294 g/mol. The fraction of sp³-hybridized carbons (Fsp3) is 0.375. The topological polar surface area (TPSA) is 59.7 Å². The Labute approximate surface area is 128 Å². The molecule has 1 aromatic carbocycles. The number of hydrogen-bond acceptors (Lipinski definition) is 5. The van der Waals surface area contributed by atoms with Gasteiger partial charge in [0.25, 0.3) is 0 Å². The molecule has 1 aliphatic rings. The molecule has 3 aromatic rings. The van der Waals surface area contributed by atoms with Gasteiger partial charge >= 0.3 is 0 Å². The molecule has 0 unspecified atom stereocenters. The Hall–Kier alpha value is -2.50. The third-order valence-corrected chi connectivity index (χ3v) is 4.29. The molecule has 6 heteroatoms. The summed E-state index contributed by atoms with van der Waals surface area (Å²) in [6.07, 6.45) is 5.92. The Balaban J connectivity index is 1.62. The molecule has 1 saturated heterocycles. The van der Waals surface area contributed by atoms with Crippen molar-refractivity contribution < 1.29 is 0 Å². The van der Waals surface area contributed by atoms with Gasteiger partial charge in [-0.25, -0.2) is 4.98 Å². The third kappa shape index (κ3) is 2.30. The van der Waals surface area contributed by atoms with Crippen molar-refractivity contribution in [3.63, 3.8) is 0 Å². The number of fused-ring (bicyclic) bond motifs is 1. The van der Waals surface area contributed by atoms with Crippen LogP contribution < -0.4 is 4.90 Å². The summed E-state index contributed by atoms with van der Waals surface area (Å²) in [7, 11) is 2.00. The van der Waals surface area contributed by atoms with Gasteiger partial charge in [0.1, 0.15) is 18.0 Å². The largest absolute Gasteiger partial charge is 0.355 e. The summed E-state index contributed by atoms with van der Waals surface area (Å²) in [5.74, 6) is 2.40. The van der Waals surface area contributed by atoms with Crippen LogP contribution in [0.1, 0.15) is 24.6 Å². The van der Waals surface area contributed by atoms with Crippen molar-refractivity contribution >= 4 is 16.9 Å². The van der Waals surface area contributed by atoms with Crippen molar-refractivity contribution in [2.45, 2.75) is 18.8 Å². The number of para-hydroxylation sites is 2. The number of piperidine rings is 1. The maximum Gasteiger partial charge on any atom is 0.147 e. The van der Waals surface area contributed by atoms with Crippen molar-refractivity contribution in [1.29, 1.82) is 0 Å². The lowest BCUT2D eigenvalue weighted by atomic mass is 9.97. The minimum atomic E-state index is 0.398. The fourth-order valence-corrected chi connectivity index (χ4v) is 3.16. The van der Waals surface area contributed by atoms with E-state index >= 15 is 0 Å². The summed E-state index contributed by atoms with van der Waals surface area (Å²) in [5.41, 5.74) is 1.88. The highest BCUT2D eigenvalue weighted by molar-refractivity contribution is 5.75. The molecule has 0 spiro atoms. The number of anilines is 1. The van der Waals surface area contributed by atoms with Crippen LogP contribution in [0.15, 0.2) is 36.8 Å². The van der Waals surface area contributed by atoms with Crippen molar-refractivity contribution in [2.24, 2.45) is 7.05 Å². The quantitative estimate of drug-likeness (QED) is 0.724. The molecule has 1 atom stereocenters. The normalized spacial score (nSPS) is 18.8. The molecule has 112 valence electrons. The van der Waals surface area contributed by atoms with E-state index < -0.39 is 0 Å². The lowest BCUT2D eigenvalue weighted by Crippen LogP contribution is -2.35. The molecule has 4 rings (SSSR count).